The highest BCUT2D eigenvalue weighted by molar-refractivity contribution is 6.30. The molecule has 2 aromatic heterocycles. The molecule has 2 fully saturated rings. The third-order valence-electron chi connectivity index (χ3n) is 8.18. The Bertz CT molecular complexity index is 1490. The number of nitrogens with one attached hydrogen (secondary N) is 1. The standard InChI is InChI=1S/C31H35ClN6O4/c1-36-19-33-16-26(36)29(35-27(39)18-41-2)25-14-21-4-3-9-34-28(21)30(23-8-7-22(32)15-24(23)25)37-10-12-38(13-11-37)31(40)42-17-20-5-6-20/h3-4,7-9,14-16,19-20,29-30H,5-6,10-13,17-18H2,1-2H3,(H,35,39). The van der Waals surface area contributed by atoms with Gasteiger partial charge in [-0.05, 0) is 65.3 Å². The molecule has 3 heterocycles. The molecule has 2 atom stereocenters. The number of nitrogens with zero attached hydrogens (tertiary/aromatic N) is 5. The molecule has 3 aromatic rings. The normalized spacial score (nSPS) is 19.3. The summed E-state index contributed by atoms with van der Waals surface area (Å²) in [7, 11) is 3.40. The van der Waals surface area contributed by atoms with Crippen LogP contribution in [0.4, 0.5) is 4.79 Å². The lowest BCUT2D eigenvalue weighted by molar-refractivity contribution is -0.125. The number of aromatic nitrogens is 3. The first kappa shape index (κ1) is 28.4. The third-order valence-corrected chi connectivity index (χ3v) is 8.42. The van der Waals surface area contributed by atoms with E-state index >= 15 is 0 Å². The number of ether oxygens (including phenoxy) is 2. The van der Waals surface area contributed by atoms with E-state index in [1.54, 1.807) is 17.4 Å². The summed E-state index contributed by atoms with van der Waals surface area (Å²) in [4.78, 5) is 39.0. The second-order valence-electron chi connectivity index (χ2n) is 11.1. The van der Waals surface area contributed by atoms with Crippen molar-refractivity contribution < 1.29 is 19.1 Å². The van der Waals surface area contributed by atoms with Gasteiger partial charge in [-0.15, -0.1) is 0 Å². The Kier molecular flexibility index (Phi) is 8.28. The van der Waals surface area contributed by atoms with E-state index in [0.29, 0.717) is 43.7 Å². The summed E-state index contributed by atoms with van der Waals surface area (Å²) in [6, 6.07) is 9.16. The number of piperazine rings is 1. The molecule has 0 radical (unpaired) electrons. The molecule has 1 saturated heterocycles. The summed E-state index contributed by atoms with van der Waals surface area (Å²) in [6.45, 7) is 2.89. The zero-order valence-electron chi connectivity index (χ0n) is 23.8. The van der Waals surface area contributed by atoms with Gasteiger partial charge in [0.05, 0.1) is 42.6 Å². The van der Waals surface area contributed by atoms with Crippen LogP contribution in [0.3, 0.4) is 0 Å². The van der Waals surface area contributed by atoms with E-state index in [2.05, 4.69) is 21.3 Å². The van der Waals surface area contributed by atoms with Crippen molar-refractivity contribution in [2.45, 2.75) is 24.9 Å². The maximum Gasteiger partial charge on any atom is 0.409 e. The van der Waals surface area contributed by atoms with Crippen LogP contribution in [0.1, 0.15) is 53.0 Å². The van der Waals surface area contributed by atoms with Crippen LogP contribution >= 0.6 is 11.6 Å². The molecule has 0 spiro atoms. The van der Waals surface area contributed by atoms with Gasteiger partial charge < -0.3 is 24.3 Å². The van der Waals surface area contributed by atoms with E-state index in [1.165, 1.54) is 7.11 Å². The Morgan fingerprint density at radius 2 is 1.98 bits per heavy atom. The number of benzene rings is 1. The van der Waals surface area contributed by atoms with Crippen molar-refractivity contribution >= 4 is 35.3 Å². The Morgan fingerprint density at radius 1 is 1.17 bits per heavy atom. The zero-order chi connectivity index (χ0) is 29.2. The Balaban J connectivity index is 1.38. The second-order valence-corrected chi connectivity index (χ2v) is 11.6. The Labute approximate surface area is 250 Å². The lowest BCUT2D eigenvalue weighted by atomic mass is 9.89. The van der Waals surface area contributed by atoms with E-state index in [9.17, 15) is 9.59 Å². The summed E-state index contributed by atoms with van der Waals surface area (Å²) in [5.41, 5.74) is 5.50. The number of methoxy groups -OCH3 is 1. The van der Waals surface area contributed by atoms with E-state index < -0.39 is 6.04 Å². The van der Waals surface area contributed by atoms with E-state index in [0.717, 1.165) is 46.5 Å². The summed E-state index contributed by atoms with van der Waals surface area (Å²) in [5.74, 6) is 0.286. The van der Waals surface area contributed by atoms with E-state index in [4.69, 9.17) is 26.1 Å². The summed E-state index contributed by atoms with van der Waals surface area (Å²) >= 11 is 6.63. The van der Waals surface area contributed by atoms with Crippen molar-refractivity contribution in [2.75, 3.05) is 46.5 Å². The Hall–Kier alpha value is -3.73. The van der Waals surface area contributed by atoms with Gasteiger partial charge in [-0.3, -0.25) is 14.7 Å². The van der Waals surface area contributed by atoms with Gasteiger partial charge in [0, 0.05) is 51.6 Å². The molecule has 3 aliphatic rings. The van der Waals surface area contributed by atoms with Gasteiger partial charge >= 0.3 is 6.09 Å². The van der Waals surface area contributed by atoms with Gasteiger partial charge in [0.1, 0.15) is 6.61 Å². The molecule has 2 amide bonds. The second kappa shape index (κ2) is 12.2. The van der Waals surface area contributed by atoms with Crippen LogP contribution in [-0.2, 0) is 21.3 Å². The highest BCUT2D eigenvalue weighted by Gasteiger charge is 2.36. The highest BCUT2D eigenvalue weighted by Crippen LogP contribution is 2.44. The Morgan fingerprint density at radius 3 is 2.69 bits per heavy atom. The van der Waals surface area contributed by atoms with Gasteiger partial charge in [0.25, 0.3) is 0 Å². The number of pyridine rings is 1. The van der Waals surface area contributed by atoms with Crippen molar-refractivity contribution in [2.24, 2.45) is 13.0 Å². The molecule has 1 aromatic carbocycles. The van der Waals surface area contributed by atoms with Crippen LogP contribution in [0, 0.1) is 5.92 Å². The van der Waals surface area contributed by atoms with Crippen LogP contribution in [0.5, 0.6) is 0 Å². The molecular weight excluding hydrogens is 556 g/mol. The minimum absolute atomic E-state index is 0.0713. The fourth-order valence-electron chi connectivity index (χ4n) is 5.82. The average Bonchev–Trinajstić information content (AvgIpc) is 3.75. The quantitative estimate of drug-likeness (QED) is 0.422. The maximum atomic E-state index is 12.9. The van der Waals surface area contributed by atoms with Gasteiger partial charge in [0.2, 0.25) is 5.91 Å². The molecular formula is C31H35ClN6O4. The number of hydrogen-bond donors (Lipinski definition) is 1. The number of fused-ring (bicyclic) bond motifs is 2. The van der Waals surface area contributed by atoms with Crippen LogP contribution < -0.4 is 5.32 Å². The number of rotatable bonds is 8. The number of hydrogen-bond acceptors (Lipinski definition) is 7. The predicted molar refractivity (Wildman–Crippen MR) is 159 cm³/mol. The maximum absolute atomic E-state index is 12.9. The fraction of sp³-hybridized carbons (Fsp3) is 0.419. The molecule has 2 unspecified atom stereocenters. The van der Waals surface area contributed by atoms with Gasteiger partial charge in [-0.2, -0.15) is 0 Å². The summed E-state index contributed by atoms with van der Waals surface area (Å²) in [5, 5.41) is 3.75. The average molecular weight is 591 g/mol. The minimum Gasteiger partial charge on any atom is -0.449 e. The summed E-state index contributed by atoms with van der Waals surface area (Å²) < 4.78 is 12.6. The molecule has 6 rings (SSSR count). The van der Waals surface area contributed by atoms with Crippen LogP contribution in [0.25, 0.3) is 11.6 Å². The fourth-order valence-corrected chi connectivity index (χ4v) is 5.99. The molecule has 1 N–H and O–H groups in total. The van der Waals surface area contributed by atoms with Crippen molar-refractivity contribution in [3.63, 3.8) is 0 Å². The van der Waals surface area contributed by atoms with Crippen molar-refractivity contribution in [1.82, 2.24) is 29.7 Å². The minimum atomic E-state index is -0.526. The SMILES string of the molecule is COCC(=O)NC(C1=Cc2cccnc2C(N2CCN(C(=O)OCC3CC3)CC2)c2ccc(Cl)cc21)c1cncn1C. The zero-order valence-corrected chi connectivity index (χ0v) is 24.6. The van der Waals surface area contributed by atoms with Crippen LogP contribution in [0.2, 0.25) is 5.02 Å². The predicted octanol–water partition coefficient (Wildman–Crippen LogP) is 4.08. The number of carbonyl (C=O) groups is 2. The van der Waals surface area contributed by atoms with Crippen LogP contribution in [-0.4, -0.2) is 82.8 Å². The number of amides is 2. The number of aryl methyl sites for hydroxylation is 1. The molecule has 11 heteroatoms. The van der Waals surface area contributed by atoms with Crippen LogP contribution in [0.15, 0.2) is 49.1 Å². The van der Waals surface area contributed by atoms with Gasteiger partial charge in [-0.25, -0.2) is 9.78 Å². The van der Waals surface area contributed by atoms with Gasteiger partial charge in [-0.1, -0.05) is 23.7 Å². The van der Waals surface area contributed by atoms with Gasteiger partial charge in [0.15, 0.2) is 0 Å². The monoisotopic (exact) mass is 590 g/mol. The first-order chi connectivity index (χ1) is 20.4. The number of carbonyl (C=O) groups excluding carboxylic acids is 2. The molecule has 0 bridgehead atoms. The summed E-state index contributed by atoms with van der Waals surface area (Å²) in [6.07, 6.45) is 9.44. The molecule has 42 heavy (non-hydrogen) atoms. The van der Waals surface area contributed by atoms with Crippen molar-refractivity contribution in [3.05, 3.63) is 82.2 Å². The highest BCUT2D eigenvalue weighted by atomic mass is 35.5. The molecule has 1 saturated carbocycles. The lowest BCUT2D eigenvalue weighted by Gasteiger charge is -2.39. The smallest absolute Gasteiger partial charge is 0.409 e. The lowest BCUT2D eigenvalue weighted by Crippen LogP contribution is -2.50. The number of halogens is 1. The number of imidazole rings is 1. The first-order valence-electron chi connectivity index (χ1n) is 14.3. The molecule has 2 aliphatic carbocycles. The third kappa shape index (κ3) is 5.92. The molecule has 1 aliphatic heterocycles. The molecule has 10 nitrogen and oxygen atoms in total. The van der Waals surface area contributed by atoms with Crippen molar-refractivity contribution in [1.29, 1.82) is 0 Å². The first-order valence-corrected chi connectivity index (χ1v) is 14.7. The topological polar surface area (TPSA) is 102 Å². The van der Waals surface area contributed by atoms with E-state index in [-0.39, 0.29) is 24.6 Å². The molecule has 220 valence electrons. The van der Waals surface area contributed by atoms with Crippen molar-refractivity contribution in [3.8, 4) is 0 Å². The van der Waals surface area contributed by atoms with E-state index in [1.807, 2.05) is 48.1 Å². The largest absolute Gasteiger partial charge is 0.449 e.